The van der Waals surface area contributed by atoms with Crippen LogP contribution in [0.3, 0.4) is 0 Å². The fraction of sp³-hybridized carbons (Fsp3) is 0.207. The number of carboxylic acids is 1. The maximum absolute atomic E-state index is 11.0. The molecular weight excluding hydrogens is 470 g/mol. The Labute approximate surface area is 215 Å². The van der Waals surface area contributed by atoms with Gasteiger partial charge in [-0.2, -0.15) is 0 Å². The number of ether oxygens (including phenoxy) is 1. The Morgan fingerprint density at radius 3 is 2.36 bits per heavy atom. The summed E-state index contributed by atoms with van der Waals surface area (Å²) in [6, 6.07) is 19.5. The van der Waals surface area contributed by atoms with E-state index in [9.17, 15) is 4.79 Å². The van der Waals surface area contributed by atoms with Gasteiger partial charge in [0.1, 0.15) is 11.6 Å². The van der Waals surface area contributed by atoms with E-state index in [-0.39, 0.29) is 6.42 Å². The zero-order chi connectivity index (χ0) is 25.5. The highest BCUT2D eigenvalue weighted by Gasteiger charge is 2.15. The van der Waals surface area contributed by atoms with E-state index in [0.717, 1.165) is 62.2 Å². The Bertz CT molecular complexity index is 1360. The minimum absolute atomic E-state index is 0.00570. The van der Waals surface area contributed by atoms with Gasteiger partial charge in [0.15, 0.2) is 5.82 Å². The molecule has 2 N–H and O–H groups in total. The summed E-state index contributed by atoms with van der Waals surface area (Å²) in [5, 5.41) is 12.4. The molecule has 0 unspecified atom stereocenters. The van der Waals surface area contributed by atoms with Crippen molar-refractivity contribution in [3.05, 3.63) is 87.9 Å². The van der Waals surface area contributed by atoms with Crippen molar-refractivity contribution in [1.82, 2.24) is 9.97 Å². The van der Waals surface area contributed by atoms with E-state index in [1.807, 2.05) is 48.5 Å². The molecule has 0 aliphatic heterocycles. The number of aryl methyl sites for hydroxylation is 1. The number of nitrogens with zero attached hydrogens (tertiary/aromatic N) is 2. The first-order valence-corrected chi connectivity index (χ1v) is 12.7. The summed E-state index contributed by atoms with van der Waals surface area (Å²) in [6.07, 6.45) is 5.79. The number of hydrogen-bond acceptors (Lipinski definition) is 6. The summed E-state index contributed by atoms with van der Waals surface area (Å²) in [5.74, 6) is 1.48. The molecule has 7 heteroatoms. The summed E-state index contributed by atoms with van der Waals surface area (Å²) in [4.78, 5) is 22.9. The zero-order valence-electron chi connectivity index (χ0n) is 20.6. The number of nitrogens with one attached hydrogen (secondary N) is 1. The second-order valence-corrected chi connectivity index (χ2v) is 9.34. The number of anilines is 2. The minimum Gasteiger partial charge on any atom is -0.497 e. The molecule has 0 aliphatic carbocycles. The Morgan fingerprint density at radius 1 is 0.972 bits per heavy atom. The third kappa shape index (κ3) is 6.17. The molecule has 6 nitrogen and oxygen atoms in total. The highest BCUT2D eigenvalue weighted by atomic mass is 32.1. The molecule has 0 spiro atoms. The standard InChI is InChI=1S/C29H29N3O3S/c1-4-24-25(5-2)31-29(32-28(24)30-21-11-6-20(7-12-21)18-27(33)34)26-17-16-23(36-26)15-10-19-8-13-22(35-3)14-9-19/h6-17H,4-5,18H2,1-3H3,(H,33,34)(H,30,31,32)/b15-10+. The molecule has 36 heavy (non-hydrogen) atoms. The van der Waals surface area contributed by atoms with Gasteiger partial charge in [-0.3, -0.25) is 4.79 Å². The lowest BCUT2D eigenvalue weighted by atomic mass is 10.1. The largest absolute Gasteiger partial charge is 0.497 e. The number of thiophene rings is 1. The molecule has 0 saturated carbocycles. The van der Waals surface area contributed by atoms with Crippen LogP contribution < -0.4 is 10.1 Å². The first kappa shape index (κ1) is 25.1. The van der Waals surface area contributed by atoms with Crippen LogP contribution in [0.15, 0.2) is 60.7 Å². The van der Waals surface area contributed by atoms with Crippen LogP contribution in [0.5, 0.6) is 5.75 Å². The predicted octanol–water partition coefficient (Wildman–Crippen LogP) is 6.88. The Hall–Kier alpha value is -3.97. The molecule has 184 valence electrons. The average molecular weight is 500 g/mol. The molecule has 0 aliphatic rings. The Balaban J connectivity index is 1.59. The van der Waals surface area contributed by atoms with Gasteiger partial charge in [0, 0.05) is 21.8 Å². The molecule has 0 amide bonds. The van der Waals surface area contributed by atoms with Gasteiger partial charge in [-0.1, -0.05) is 44.2 Å². The first-order chi connectivity index (χ1) is 17.5. The van der Waals surface area contributed by atoms with E-state index in [4.69, 9.17) is 19.8 Å². The monoisotopic (exact) mass is 499 g/mol. The van der Waals surface area contributed by atoms with E-state index < -0.39 is 5.97 Å². The number of benzene rings is 2. The van der Waals surface area contributed by atoms with Crippen LogP contribution >= 0.6 is 11.3 Å². The topological polar surface area (TPSA) is 84.3 Å². The second-order valence-electron chi connectivity index (χ2n) is 8.23. The van der Waals surface area contributed by atoms with Crippen molar-refractivity contribution >= 4 is 41.0 Å². The second kappa shape index (κ2) is 11.6. The fourth-order valence-corrected chi connectivity index (χ4v) is 4.73. The number of rotatable bonds is 10. The van der Waals surface area contributed by atoms with Crippen LogP contribution in [-0.4, -0.2) is 28.2 Å². The number of carboxylic acid groups (broad SMARTS) is 1. The molecule has 0 bridgehead atoms. The summed E-state index contributed by atoms with van der Waals surface area (Å²) in [6.45, 7) is 4.21. The normalized spacial score (nSPS) is 11.1. The highest BCUT2D eigenvalue weighted by molar-refractivity contribution is 7.16. The Morgan fingerprint density at radius 2 is 1.72 bits per heavy atom. The van der Waals surface area contributed by atoms with Crippen molar-refractivity contribution in [3.63, 3.8) is 0 Å². The summed E-state index contributed by atoms with van der Waals surface area (Å²) in [7, 11) is 1.66. The lowest BCUT2D eigenvalue weighted by Crippen LogP contribution is -2.07. The first-order valence-electron chi connectivity index (χ1n) is 11.9. The molecule has 2 aromatic carbocycles. The van der Waals surface area contributed by atoms with Crippen LogP contribution in [0.1, 0.15) is 41.1 Å². The van der Waals surface area contributed by atoms with Crippen molar-refractivity contribution in [3.8, 4) is 16.5 Å². The maximum Gasteiger partial charge on any atom is 0.307 e. The summed E-state index contributed by atoms with van der Waals surface area (Å²) >= 11 is 1.65. The molecular formula is C29H29N3O3S. The van der Waals surface area contributed by atoms with E-state index in [1.165, 1.54) is 0 Å². The molecule has 0 radical (unpaired) electrons. The van der Waals surface area contributed by atoms with Crippen molar-refractivity contribution in [2.24, 2.45) is 0 Å². The lowest BCUT2D eigenvalue weighted by molar-refractivity contribution is -0.136. The molecule has 4 aromatic rings. The zero-order valence-corrected chi connectivity index (χ0v) is 21.4. The molecule has 0 saturated heterocycles. The molecule has 0 fully saturated rings. The average Bonchev–Trinajstić information content (AvgIpc) is 3.37. The number of aliphatic carboxylic acids is 1. The number of methoxy groups -OCH3 is 1. The van der Waals surface area contributed by atoms with Gasteiger partial charge in [-0.05, 0) is 66.4 Å². The summed E-state index contributed by atoms with van der Waals surface area (Å²) < 4.78 is 5.22. The third-order valence-corrected chi connectivity index (χ3v) is 6.80. The van der Waals surface area contributed by atoms with Crippen LogP contribution in [0, 0.1) is 0 Å². The van der Waals surface area contributed by atoms with Crippen LogP contribution in [-0.2, 0) is 24.1 Å². The molecule has 2 heterocycles. The van der Waals surface area contributed by atoms with Crippen LogP contribution in [0.25, 0.3) is 22.9 Å². The van der Waals surface area contributed by atoms with Crippen LogP contribution in [0.4, 0.5) is 11.5 Å². The van der Waals surface area contributed by atoms with Crippen molar-refractivity contribution in [2.75, 3.05) is 12.4 Å². The van der Waals surface area contributed by atoms with Gasteiger partial charge >= 0.3 is 5.97 Å². The van der Waals surface area contributed by atoms with Gasteiger partial charge in [-0.15, -0.1) is 11.3 Å². The Kier molecular flexibility index (Phi) is 8.13. The van der Waals surface area contributed by atoms with Gasteiger partial charge in [0.2, 0.25) is 0 Å². The van der Waals surface area contributed by atoms with Gasteiger partial charge in [-0.25, -0.2) is 9.97 Å². The van der Waals surface area contributed by atoms with E-state index >= 15 is 0 Å². The predicted molar refractivity (Wildman–Crippen MR) is 147 cm³/mol. The van der Waals surface area contributed by atoms with Gasteiger partial charge in [0.25, 0.3) is 0 Å². The van der Waals surface area contributed by atoms with Crippen molar-refractivity contribution in [1.29, 1.82) is 0 Å². The summed E-state index contributed by atoms with van der Waals surface area (Å²) in [5.41, 5.74) is 4.83. The van der Waals surface area contributed by atoms with E-state index in [1.54, 1.807) is 18.4 Å². The van der Waals surface area contributed by atoms with Gasteiger partial charge in [0.05, 0.1) is 18.4 Å². The quantitative estimate of drug-likeness (QED) is 0.247. The SMILES string of the molecule is CCc1nc(-c2ccc(/C=C/c3ccc(OC)cc3)s2)nc(Nc2ccc(CC(=O)O)cc2)c1CC. The number of aromatic nitrogens is 2. The third-order valence-electron chi connectivity index (χ3n) is 5.76. The smallest absolute Gasteiger partial charge is 0.307 e. The van der Waals surface area contributed by atoms with Crippen molar-refractivity contribution in [2.45, 2.75) is 33.1 Å². The maximum atomic E-state index is 11.0. The van der Waals surface area contributed by atoms with Crippen LogP contribution in [0.2, 0.25) is 0 Å². The molecule has 2 aromatic heterocycles. The molecule has 0 atom stereocenters. The minimum atomic E-state index is -0.842. The van der Waals surface area contributed by atoms with E-state index in [2.05, 4.69) is 43.4 Å². The highest BCUT2D eigenvalue weighted by Crippen LogP contribution is 2.31. The lowest BCUT2D eigenvalue weighted by Gasteiger charge is -2.15. The number of hydrogen-bond donors (Lipinski definition) is 2. The van der Waals surface area contributed by atoms with Crippen molar-refractivity contribution < 1.29 is 14.6 Å². The molecule has 4 rings (SSSR count). The number of carbonyl (C=O) groups is 1. The fourth-order valence-electron chi connectivity index (χ4n) is 3.88. The van der Waals surface area contributed by atoms with Gasteiger partial charge < -0.3 is 15.2 Å². The van der Waals surface area contributed by atoms with E-state index in [0.29, 0.717) is 5.82 Å².